The Labute approximate surface area is 114 Å². The van der Waals surface area contributed by atoms with E-state index < -0.39 is 21.9 Å². The van der Waals surface area contributed by atoms with Gasteiger partial charge in [0.05, 0.1) is 6.54 Å². The average Bonchev–Trinajstić information content (AvgIpc) is 2.85. The molecule has 1 aromatic rings. The third-order valence-electron chi connectivity index (χ3n) is 2.34. The minimum absolute atomic E-state index is 0.0606. The van der Waals surface area contributed by atoms with Gasteiger partial charge in [-0.25, -0.2) is 13.2 Å². The van der Waals surface area contributed by atoms with Crippen LogP contribution in [-0.2, 0) is 14.8 Å². The van der Waals surface area contributed by atoms with E-state index in [9.17, 15) is 18.0 Å². The summed E-state index contributed by atoms with van der Waals surface area (Å²) in [4.78, 5) is 21.9. The Morgan fingerprint density at radius 3 is 2.47 bits per heavy atom. The van der Waals surface area contributed by atoms with Gasteiger partial charge < -0.3 is 10.4 Å². The van der Waals surface area contributed by atoms with Crippen LogP contribution in [0.5, 0.6) is 0 Å². The lowest BCUT2D eigenvalue weighted by Gasteiger charge is -2.18. The second-order valence-corrected chi connectivity index (χ2v) is 6.78. The number of carbonyl (C=O) groups is 2. The molecular weight excluding hydrogens is 292 g/mol. The molecular formula is C10H14N2O5S2. The van der Waals surface area contributed by atoms with Crippen molar-refractivity contribution in [2.24, 2.45) is 0 Å². The molecule has 0 atom stereocenters. The Morgan fingerprint density at radius 2 is 2.05 bits per heavy atom. The number of rotatable bonds is 6. The predicted octanol–water partition coefficient (Wildman–Crippen LogP) is 0.203. The van der Waals surface area contributed by atoms with Gasteiger partial charge in [-0.15, -0.1) is 11.3 Å². The third-order valence-corrected chi connectivity index (χ3v) is 5.80. The molecule has 2 N–H and O–H groups in total. The fraction of sp³-hybridized carbons (Fsp3) is 0.400. The number of hydrogen-bond donors (Lipinski definition) is 2. The molecule has 0 aromatic carbocycles. The standard InChI is InChI=1S/C10H14N2O5S2/c1-3-12(6-8(13)11-2)19(16,17)9-5-4-7(18-9)10(14)15/h4-5H,3,6H2,1-2H3,(H,11,13)(H,14,15). The number of amides is 1. The molecule has 1 aromatic heterocycles. The van der Waals surface area contributed by atoms with Crippen LogP contribution in [0.3, 0.4) is 0 Å². The summed E-state index contributed by atoms with van der Waals surface area (Å²) < 4.78 is 25.3. The van der Waals surface area contributed by atoms with Crippen molar-refractivity contribution >= 4 is 33.2 Å². The van der Waals surface area contributed by atoms with Crippen LogP contribution in [-0.4, -0.2) is 49.8 Å². The molecule has 106 valence electrons. The van der Waals surface area contributed by atoms with Gasteiger partial charge in [0.2, 0.25) is 5.91 Å². The smallest absolute Gasteiger partial charge is 0.345 e. The molecule has 0 saturated heterocycles. The summed E-state index contributed by atoms with van der Waals surface area (Å²) in [6, 6.07) is 2.46. The normalized spacial score (nSPS) is 11.5. The maximum atomic E-state index is 12.2. The van der Waals surface area contributed by atoms with Gasteiger partial charge in [0.1, 0.15) is 9.09 Å². The molecule has 0 radical (unpaired) electrons. The number of hydrogen-bond acceptors (Lipinski definition) is 5. The highest BCUT2D eigenvalue weighted by Crippen LogP contribution is 2.24. The summed E-state index contributed by atoms with van der Waals surface area (Å²) in [5.74, 6) is -1.61. The van der Waals surface area contributed by atoms with Crippen LogP contribution in [0.4, 0.5) is 0 Å². The van der Waals surface area contributed by atoms with Crippen molar-refractivity contribution in [2.75, 3.05) is 20.1 Å². The van der Waals surface area contributed by atoms with Crippen LogP contribution in [0, 0.1) is 0 Å². The van der Waals surface area contributed by atoms with Gasteiger partial charge in [0.15, 0.2) is 0 Å². The molecule has 7 nitrogen and oxygen atoms in total. The number of sulfonamides is 1. The molecule has 0 aliphatic rings. The van der Waals surface area contributed by atoms with E-state index in [1.807, 2.05) is 0 Å². The minimum Gasteiger partial charge on any atom is -0.477 e. The Kier molecular flexibility index (Phi) is 5.04. The number of aromatic carboxylic acids is 1. The van der Waals surface area contributed by atoms with Crippen LogP contribution in [0.25, 0.3) is 0 Å². The first-order chi connectivity index (χ1) is 8.82. The van der Waals surface area contributed by atoms with Gasteiger partial charge in [-0.1, -0.05) is 6.92 Å². The summed E-state index contributed by atoms with van der Waals surface area (Å²) >= 11 is 0.665. The predicted molar refractivity (Wildman–Crippen MR) is 69.8 cm³/mol. The summed E-state index contributed by atoms with van der Waals surface area (Å²) in [7, 11) is -2.43. The fourth-order valence-electron chi connectivity index (χ4n) is 1.31. The number of carboxylic acids is 1. The number of nitrogens with one attached hydrogen (secondary N) is 1. The van der Waals surface area contributed by atoms with E-state index in [0.717, 1.165) is 4.31 Å². The molecule has 1 heterocycles. The largest absolute Gasteiger partial charge is 0.477 e. The quantitative estimate of drug-likeness (QED) is 0.781. The molecule has 0 saturated carbocycles. The van der Waals surface area contributed by atoms with Gasteiger partial charge in [-0.3, -0.25) is 4.79 Å². The number of nitrogens with zero attached hydrogens (tertiary/aromatic N) is 1. The van der Waals surface area contributed by atoms with E-state index in [2.05, 4.69) is 5.32 Å². The second-order valence-electron chi connectivity index (χ2n) is 3.53. The van der Waals surface area contributed by atoms with Crippen molar-refractivity contribution < 1.29 is 23.1 Å². The Bertz CT molecular complexity index is 578. The fourth-order valence-corrected chi connectivity index (χ4v) is 4.01. The van der Waals surface area contributed by atoms with Crippen LogP contribution in [0.2, 0.25) is 0 Å². The first-order valence-corrected chi connectivity index (χ1v) is 7.62. The van der Waals surface area contributed by atoms with Crippen molar-refractivity contribution in [1.82, 2.24) is 9.62 Å². The van der Waals surface area contributed by atoms with E-state index in [1.165, 1.54) is 19.2 Å². The van der Waals surface area contributed by atoms with Crippen molar-refractivity contribution in [3.05, 3.63) is 17.0 Å². The highest BCUT2D eigenvalue weighted by Gasteiger charge is 2.27. The number of carbonyl (C=O) groups excluding carboxylic acids is 1. The van der Waals surface area contributed by atoms with Gasteiger partial charge in [0, 0.05) is 13.6 Å². The highest BCUT2D eigenvalue weighted by atomic mass is 32.2. The van der Waals surface area contributed by atoms with Crippen LogP contribution >= 0.6 is 11.3 Å². The maximum Gasteiger partial charge on any atom is 0.345 e. The maximum absolute atomic E-state index is 12.2. The van der Waals surface area contributed by atoms with Gasteiger partial charge in [0.25, 0.3) is 10.0 Å². The van der Waals surface area contributed by atoms with E-state index in [0.29, 0.717) is 11.3 Å². The van der Waals surface area contributed by atoms with E-state index in [-0.39, 0.29) is 22.2 Å². The average molecular weight is 306 g/mol. The van der Waals surface area contributed by atoms with Crippen molar-refractivity contribution in [3.8, 4) is 0 Å². The van der Waals surface area contributed by atoms with Crippen LogP contribution in [0.15, 0.2) is 16.3 Å². The molecule has 0 aliphatic carbocycles. The third kappa shape index (κ3) is 3.52. The van der Waals surface area contributed by atoms with E-state index in [4.69, 9.17) is 5.11 Å². The summed E-state index contributed by atoms with van der Waals surface area (Å²) in [5, 5.41) is 11.1. The summed E-state index contributed by atoms with van der Waals surface area (Å²) in [6.07, 6.45) is 0. The van der Waals surface area contributed by atoms with Gasteiger partial charge >= 0.3 is 5.97 Å². The first-order valence-electron chi connectivity index (χ1n) is 5.36. The minimum atomic E-state index is -3.84. The zero-order valence-corrected chi connectivity index (χ0v) is 12.0. The Morgan fingerprint density at radius 1 is 1.42 bits per heavy atom. The topological polar surface area (TPSA) is 104 Å². The van der Waals surface area contributed by atoms with Crippen molar-refractivity contribution in [1.29, 1.82) is 0 Å². The molecule has 1 rings (SSSR count). The molecule has 0 bridgehead atoms. The number of carboxylic acid groups (broad SMARTS) is 1. The zero-order chi connectivity index (χ0) is 14.6. The van der Waals surface area contributed by atoms with Crippen molar-refractivity contribution in [2.45, 2.75) is 11.1 Å². The lowest BCUT2D eigenvalue weighted by atomic mass is 10.5. The molecule has 0 fully saturated rings. The van der Waals surface area contributed by atoms with E-state index >= 15 is 0 Å². The number of thiophene rings is 1. The Balaban J connectivity index is 3.06. The monoisotopic (exact) mass is 306 g/mol. The Hall–Kier alpha value is -1.45. The summed E-state index contributed by atoms with van der Waals surface area (Å²) in [6.45, 7) is 1.43. The molecule has 0 spiro atoms. The first kappa shape index (κ1) is 15.6. The number of likely N-dealkylation sites (N-methyl/N-ethyl adjacent to an activating group) is 2. The van der Waals surface area contributed by atoms with Crippen molar-refractivity contribution in [3.63, 3.8) is 0 Å². The van der Waals surface area contributed by atoms with Crippen LogP contribution < -0.4 is 5.32 Å². The SMILES string of the molecule is CCN(CC(=O)NC)S(=O)(=O)c1ccc(C(=O)O)s1. The lowest BCUT2D eigenvalue weighted by Crippen LogP contribution is -2.39. The molecule has 1 amide bonds. The molecule has 0 unspecified atom stereocenters. The lowest BCUT2D eigenvalue weighted by molar-refractivity contribution is -0.120. The molecule has 9 heteroatoms. The summed E-state index contributed by atoms with van der Waals surface area (Å²) in [5.41, 5.74) is 0. The second kappa shape index (κ2) is 6.13. The van der Waals surface area contributed by atoms with Crippen LogP contribution in [0.1, 0.15) is 16.6 Å². The zero-order valence-electron chi connectivity index (χ0n) is 10.4. The highest BCUT2D eigenvalue weighted by molar-refractivity contribution is 7.91. The van der Waals surface area contributed by atoms with E-state index in [1.54, 1.807) is 6.92 Å². The molecule has 19 heavy (non-hydrogen) atoms. The van der Waals surface area contributed by atoms with Gasteiger partial charge in [-0.2, -0.15) is 4.31 Å². The van der Waals surface area contributed by atoms with Gasteiger partial charge in [-0.05, 0) is 12.1 Å². The molecule has 0 aliphatic heterocycles.